The third kappa shape index (κ3) is 5.59. The van der Waals surface area contributed by atoms with Gasteiger partial charge in [0.05, 0.1) is 31.1 Å². The number of hydrogen-bond acceptors (Lipinski definition) is 5. The summed E-state index contributed by atoms with van der Waals surface area (Å²) in [5.41, 5.74) is 2.64. The van der Waals surface area contributed by atoms with E-state index in [4.69, 9.17) is 4.74 Å². The van der Waals surface area contributed by atoms with Crippen molar-refractivity contribution in [2.24, 2.45) is 17.3 Å². The molecule has 3 atom stereocenters. The van der Waals surface area contributed by atoms with Crippen LogP contribution in [0.15, 0.2) is 77.9 Å². The van der Waals surface area contributed by atoms with Gasteiger partial charge in [-0.3, -0.25) is 14.2 Å². The second-order valence-electron chi connectivity index (χ2n) is 12.3. The van der Waals surface area contributed by atoms with E-state index < -0.39 is 0 Å². The van der Waals surface area contributed by atoms with E-state index in [2.05, 4.69) is 9.88 Å². The van der Waals surface area contributed by atoms with Gasteiger partial charge in [-0.05, 0) is 49.0 Å². The molecule has 1 aliphatic carbocycles. The molecule has 3 fully saturated rings. The van der Waals surface area contributed by atoms with E-state index in [0.717, 1.165) is 43.2 Å². The Hall–Kier alpha value is -3.94. The molecule has 1 aromatic heterocycles. The molecule has 8 nitrogen and oxygen atoms in total. The zero-order valence-electron chi connectivity index (χ0n) is 24.4. The number of rotatable bonds is 5. The summed E-state index contributed by atoms with van der Waals surface area (Å²) in [4.78, 5) is 48.4. The molecule has 220 valence electrons. The average Bonchev–Trinajstić information content (AvgIpc) is 3.51. The SMILES string of the molecule is COC(=O)[C@@H]1CCN(C(=O)N2CC[C@@H](Cn3cnc(-c4ccccc4)cc3=O)C3(CCCC3)C2)C(c2ccccc2)C1. The van der Waals surface area contributed by atoms with Crippen LogP contribution in [0.4, 0.5) is 4.79 Å². The molecular weight excluding hydrogens is 528 g/mol. The lowest BCUT2D eigenvalue weighted by molar-refractivity contribution is -0.147. The first kappa shape index (κ1) is 28.2. The Labute approximate surface area is 247 Å². The van der Waals surface area contributed by atoms with E-state index >= 15 is 0 Å². The normalized spacial score (nSPS) is 23.6. The first-order valence-electron chi connectivity index (χ1n) is 15.3. The van der Waals surface area contributed by atoms with Crippen molar-refractivity contribution in [2.75, 3.05) is 26.7 Å². The molecule has 1 saturated carbocycles. The van der Waals surface area contributed by atoms with Crippen LogP contribution in [0.5, 0.6) is 0 Å². The summed E-state index contributed by atoms with van der Waals surface area (Å²) in [5, 5.41) is 0. The van der Waals surface area contributed by atoms with Gasteiger partial charge in [-0.25, -0.2) is 9.78 Å². The predicted molar refractivity (Wildman–Crippen MR) is 161 cm³/mol. The van der Waals surface area contributed by atoms with Crippen molar-refractivity contribution in [2.45, 2.75) is 57.5 Å². The highest BCUT2D eigenvalue weighted by atomic mass is 16.5. The van der Waals surface area contributed by atoms with Crippen LogP contribution in [0.25, 0.3) is 11.3 Å². The van der Waals surface area contributed by atoms with E-state index in [9.17, 15) is 14.4 Å². The quantitative estimate of drug-likeness (QED) is 0.378. The van der Waals surface area contributed by atoms with Crippen molar-refractivity contribution in [1.29, 1.82) is 0 Å². The molecule has 3 heterocycles. The van der Waals surface area contributed by atoms with Crippen LogP contribution in [0.1, 0.15) is 56.6 Å². The van der Waals surface area contributed by atoms with Gasteiger partial charge in [0.2, 0.25) is 0 Å². The van der Waals surface area contributed by atoms with Crippen LogP contribution in [0.3, 0.4) is 0 Å². The Morgan fingerprint density at radius 2 is 1.69 bits per heavy atom. The van der Waals surface area contributed by atoms with Crippen molar-refractivity contribution >= 4 is 12.0 Å². The molecule has 2 aromatic carbocycles. The van der Waals surface area contributed by atoms with Crippen LogP contribution in [-0.4, -0.2) is 58.1 Å². The number of likely N-dealkylation sites (tertiary alicyclic amines) is 2. The topological polar surface area (TPSA) is 84.7 Å². The molecule has 0 bridgehead atoms. The molecular formula is C34H40N4O4. The lowest BCUT2D eigenvalue weighted by Gasteiger charge is -2.49. The maximum Gasteiger partial charge on any atom is 0.320 e. The number of hydrogen-bond donors (Lipinski definition) is 0. The number of urea groups is 1. The first-order valence-corrected chi connectivity index (χ1v) is 15.3. The highest BCUT2D eigenvalue weighted by Crippen LogP contribution is 2.49. The minimum atomic E-state index is -0.212. The zero-order chi connectivity index (χ0) is 29.1. The van der Waals surface area contributed by atoms with Gasteiger partial charge < -0.3 is 14.5 Å². The van der Waals surface area contributed by atoms with Gasteiger partial charge in [0.25, 0.3) is 5.56 Å². The van der Waals surface area contributed by atoms with Crippen LogP contribution in [0, 0.1) is 17.3 Å². The maximum atomic E-state index is 14.2. The summed E-state index contributed by atoms with van der Waals surface area (Å²) < 4.78 is 6.83. The molecule has 2 saturated heterocycles. The molecule has 2 aliphatic heterocycles. The van der Waals surface area contributed by atoms with Gasteiger partial charge in [-0.15, -0.1) is 0 Å². The summed E-state index contributed by atoms with van der Waals surface area (Å²) in [6.45, 7) is 2.52. The summed E-state index contributed by atoms with van der Waals surface area (Å²) in [5.74, 6) is -0.104. The third-order valence-electron chi connectivity index (χ3n) is 9.92. The number of esters is 1. The second kappa shape index (κ2) is 12.1. The van der Waals surface area contributed by atoms with E-state index in [1.54, 1.807) is 17.0 Å². The Bertz CT molecular complexity index is 1450. The highest BCUT2D eigenvalue weighted by Gasteiger charge is 2.48. The third-order valence-corrected chi connectivity index (χ3v) is 9.92. The summed E-state index contributed by atoms with van der Waals surface area (Å²) in [7, 11) is 1.43. The van der Waals surface area contributed by atoms with Crippen molar-refractivity contribution in [3.05, 3.63) is 89.0 Å². The predicted octanol–water partition coefficient (Wildman–Crippen LogP) is 5.54. The minimum absolute atomic E-state index is 0.00195. The van der Waals surface area contributed by atoms with Crippen molar-refractivity contribution < 1.29 is 14.3 Å². The van der Waals surface area contributed by atoms with Gasteiger partial charge in [0.15, 0.2) is 0 Å². The molecule has 1 unspecified atom stereocenters. The molecule has 8 heteroatoms. The van der Waals surface area contributed by atoms with Crippen LogP contribution in [-0.2, 0) is 16.1 Å². The highest BCUT2D eigenvalue weighted by molar-refractivity contribution is 5.77. The Morgan fingerprint density at radius 1 is 0.976 bits per heavy atom. The molecule has 0 radical (unpaired) electrons. The maximum absolute atomic E-state index is 14.2. The second-order valence-corrected chi connectivity index (χ2v) is 12.3. The molecule has 6 rings (SSSR count). The fraction of sp³-hybridized carbons (Fsp3) is 0.471. The van der Waals surface area contributed by atoms with Crippen molar-refractivity contribution in [3.63, 3.8) is 0 Å². The molecule has 2 amide bonds. The number of nitrogens with zero attached hydrogens (tertiary/aromatic N) is 4. The largest absolute Gasteiger partial charge is 0.469 e. The number of ether oxygens (including phenoxy) is 1. The molecule has 1 spiro atoms. The molecule has 3 aromatic rings. The van der Waals surface area contributed by atoms with E-state index in [-0.39, 0.29) is 34.9 Å². The molecule has 0 N–H and O–H groups in total. The minimum Gasteiger partial charge on any atom is -0.469 e. The smallest absolute Gasteiger partial charge is 0.320 e. The fourth-order valence-corrected chi connectivity index (χ4v) is 7.61. The fourth-order valence-electron chi connectivity index (χ4n) is 7.61. The first-order chi connectivity index (χ1) is 20.5. The Balaban J connectivity index is 1.19. The van der Waals surface area contributed by atoms with Gasteiger partial charge in [0, 0.05) is 37.8 Å². The Kier molecular flexibility index (Phi) is 8.13. The summed E-state index contributed by atoms with van der Waals surface area (Å²) >= 11 is 0. The van der Waals surface area contributed by atoms with Crippen LogP contribution >= 0.6 is 0 Å². The van der Waals surface area contributed by atoms with Gasteiger partial charge in [0.1, 0.15) is 0 Å². The van der Waals surface area contributed by atoms with E-state index in [1.807, 2.05) is 65.6 Å². The zero-order valence-corrected chi connectivity index (χ0v) is 24.4. The standard InChI is InChI=1S/C34H40N4O4/c1-42-32(40)27-14-19-38(30(20-27)26-12-6-3-7-13-26)33(41)36-18-15-28(34(23-36)16-8-9-17-34)22-37-24-35-29(21-31(37)39)25-10-4-2-5-11-25/h2-7,10-13,21,24,27-28,30H,8-9,14-20,22-23H2,1H3/t27-,28+,30?/m1/s1. The van der Waals surface area contributed by atoms with Gasteiger partial charge >= 0.3 is 12.0 Å². The van der Waals surface area contributed by atoms with Gasteiger partial charge in [-0.1, -0.05) is 73.5 Å². The Morgan fingerprint density at radius 3 is 2.38 bits per heavy atom. The lowest BCUT2D eigenvalue weighted by atomic mass is 9.69. The summed E-state index contributed by atoms with van der Waals surface area (Å²) in [6.07, 6.45) is 8.16. The molecule has 3 aliphatic rings. The van der Waals surface area contributed by atoms with Crippen molar-refractivity contribution in [1.82, 2.24) is 19.4 Å². The number of carbonyl (C=O) groups excluding carboxylic acids is 2. The number of benzene rings is 2. The summed E-state index contributed by atoms with van der Waals surface area (Å²) in [6, 6.07) is 21.4. The van der Waals surface area contributed by atoms with Gasteiger partial charge in [-0.2, -0.15) is 0 Å². The van der Waals surface area contributed by atoms with E-state index in [1.165, 1.54) is 7.11 Å². The number of amides is 2. The number of carbonyl (C=O) groups is 2. The van der Waals surface area contributed by atoms with Crippen LogP contribution < -0.4 is 5.56 Å². The van der Waals surface area contributed by atoms with E-state index in [0.29, 0.717) is 50.6 Å². The number of methoxy groups -OCH3 is 1. The van der Waals surface area contributed by atoms with Crippen molar-refractivity contribution in [3.8, 4) is 11.3 Å². The number of aromatic nitrogens is 2. The lowest BCUT2D eigenvalue weighted by Crippen LogP contribution is -2.56. The van der Waals surface area contributed by atoms with Crippen LogP contribution in [0.2, 0.25) is 0 Å². The average molecular weight is 569 g/mol. The monoisotopic (exact) mass is 568 g/mol. The number of piperidine rings is 2. The molecule has 42 heavy (non-hydrogen) atoms.